The Kier molecular flexibility index (Phi) is 6.04. The molecule has 1 aliphatic rings. The van der Waals surface area contributed by atoms with E-state index in [4.69, 9.17) is 4.74 Å². The lowest BCUT2D eigenvalue weighted by Gasteiger charge is -2.17. The third kappa shape index (κ3) is 6.04. The summed E-state index contributed by atoms with van der Waals surface area (Å²) in [5.74, 6) is 1.44. The van der Waals surface area contributed by atoms with Crippen LogP contribution < -0.4 is 10.1 Å². The number of pyridine rings is 1. The first-order chi connectivity index (χ1) is 10.1. The van der Waals surface area contributed by atoms with Crippen LogP contribution in [-0.4, -0.2) is 17.1 Å². The van der Waals surface area contributed by atoms with Crippen molar-refractivity contribution in [2.75, 3.05) is 0 Å². The van der Waals surface area contributed by atoms with Crippen molar-refractivity contribution in [1.29, 1.82) is 0 Å². The van der Waals surface area contributed by atoms with E-state index in [9.17, 15) is 0 Å². The van der Waals surface area contributed by atoms with Crippen molar-refractivity contribution in [2.24, 2.45) is 5.92 Å². The van der Waals surface area contributed by atoms with Crippen molar-refractivity contribution in [3.05, 3.63) is 23.4 Å². The number of nitrogens with zero attached hydrogens (tertiary/aromatic N) is 1. The molecule has 0 saturated heterocycles. The molecule has 1 saturated carbocycles. The fraction of sp³-hybridized carbons (Fsp3) is 0.722. The molecule has 21 heavy (non-hydrogen) atoms. The van der Waals surface area contributed by atoms with Gasteiger partial charge in [-0.2, -0.15) is 0 Å². The minimum absolute atomic E-state index is 0.221. The van der Waals surface area contributed by atoms with Crippen LogP contribution in [0.5, 0.6) is 5.88 Å². The molecule has 1 aliphatic carbocycles. The fourth-order valence-electron chi connectivity index (χ4n) is 2.63. The molecule has 0 amide bonds. The number of aromatic nitrogens is 1. The third-order valence-electron chi connectivity index (χ3n) is 3.72. The van der Waals surface area contributed by atoms with E-state index in [1.54, 1.807) is 0 Å². The van der Waals surface area contributed by atoms with Gasteiger partial charge < -0.3 is 10.1 Å². The van der Waals surface area contributed by atoms with E-state index >= 15 is 0 Å². The Labute approximate surface area is 129 Å². The number of hydrogen-bond donors (Lipinski definition) is 1. The van der Waals surface area contributed by atoms with Crippen molar-refractivity contribution >= 4 is 0 Å². The van der Waals surface area contributed by atoms with Gasteiger partial charge in [-0.15, -0.1) is 0 Å². The predicted octanol–water partition coefficient (Wildman–Crippen LogP) is 4.10. The molecule has 2 rings (SSSR count). The molecule has 1 fully saturated rings. The highest BCUT2D eigenvalue weighted by atomic mass is 16.5. The third-order valence-corrected chi connectivity index (χ3v) is 3.72. The normalized spacial score (nSPS) is 16.2. The van der Waals surface area contributed by atoms with Gasteiger partial charge in [-0.1, -0.05) is 27.2 Å². The Morgan fingerprint density at radius 1 is 1.29 bits per heavy atom. The van der Waals surface area contributed by atoms with Crippen LogP contribution in [0.25, 0.3) is 0 Å². The average Bonchev–Trinajstić information content (AvgIpc) is 3.19. The smallest absolute Gasteiger partial charge is 0.214 e. The quantitative estimate of drug-likeness (QED) is 0.743. The minimum atomic E-state index is 0.221. The highest BCUT2D eigenvalue weighted by Gasteiger charge is 2.20. The zero-order valence-electron chi connectivity index (χ0n) is 14.0. The SMILES string of the molecule is CCCc1cc(CNC2CC2)cc(OC(C)CC(C)C)n1. The van der Waals surface area contributed by atoms with Gasteiger partial charge in [0.1, 0.15) is 0 Å². The van der Waals surface area contributed by atoms with Crippen molar-refractivity contribution in [3.63, 3.8) is 0 Å². The van der Waals surface area contributed by atoms with Gasteiger partial charge >= 0.3 is 0 Å². The first-order valence-electron chi connectivity index (χ1n) is 8.46. The van der Waals surface area contributed by atoms with E-state index < -0.39 is 0 Å². The van der Waals surface area contributed by atoms with E-state index in [1.165, 1.54) is 18.4 Å². The summed E-state index contributed by atoms with van der Waals surface area (Å²) < 4.78 is 6.04. The second-order valence-electron chi connectivity index (χ2n) is 6.77. The maximum atomic E-state index is 6.04. The Balaban J connectivity index is 2.02. The number of aryl methyl sites for hydroxylation is 1. The predicted molar refractivity (Wildman–Crippen MR) is 87.6 cm³/mol. The monoisotopic (exact) mass is 290 g/mol. The molecule has 1 atom stereocenters. The zero-order valence-corrected chi connectivity index (χ0v) is 14.0. The van der Waals surface area contributed by atoms with Gasteiger partial charge in [0.05, 0.1) is 6.10 Å². The Morgan fingerprint density at radius 3 is 2.67 bits per heavy atom. The summed E-state index contributed by atoms with van der Waals surface area (Å²) in [5, 5.41) is 3.57. The molecule has 118 valence electrons. The van der Waals surface area contributed by atoms with Crippen molar-refractivity contribution < 1.29 is 4.74 Å². The summed E-state index contributed by atoms with van der Waals surface area (Å²) in [7, 11) is 0. The lowest BCUT2D eigenvalue weighted by molar-refractivity contribution is 0.185. The van der Waals surface area contributed by atoms with E-state index in [0.717, 1.165) is 43.4 Å². The van der Waals surface area contributed by atoms with Crippen molar-refractivity contribution in [1.82, 2.24) is 10.3 Å². The zero-order chi connectivity index (χ0) is 15.2. The minimum Gasteiger partial charge on any atom is -0.475 e. The second-order valence-corrected chi connectivity index (χ2v) is 6.77. The summed E-state index contributed by atoms with van der Waals surface area (Å²) in [5.41, 5.74) is 2.45. The molecule has 1 heterocycles. The number of ether oxygens (including phenoxy) is 1. The van der Waals surface area contributed by atoms with E-state index in [1.807, 2.05) is 0 Å². The molecule has 1 aromatic rings. The number of nitrogens with one attached hydrogen (secondary N) is 1. The van der Waals surface area contributed by atoms with Gasteiger partial charge in [0.15, 0.2) is 0 Å². The van der Waals surface area contributed by atoms with Crippen LogP contribution in [0.3, 0.4) is 0 Å². The molecule has 3 heteroatoms. The van der Waals surface area contributed by atoms with E-state index in [0.29, 0.717) is 5.92 Å². The van der Waals surface area contributed by atoms with Gasteiger partial charge in [0.2, 0.25) is 5.88 Å². The van der Waals surface area contributed by atoms with Gasteiger partial charge in [-0.3, -0.25) is 0 Å². The maximum Gasteiger partial charge on any atom is 0.214 e. The largest absolute Gasteiger partial charge is 0.475 e. The van der Waals surface area contributed by atoms with Crippen LogP contribution in [0, 0.1) is 5.92 Å². The first kappa shape index (κ1) is 16.3. The first-order valence-corrected chi connectivity index (χ1v) is 8.46. The molecule has 0 bridgehead atoms. The number of hydrogen-bond acceptors (Lipinski definition) is 3. The standard InChI is InChI=1S/C18H30N2O/c1-5-6-17-10-15(12-19-16-7-8-16)11-18(20-17)21-14(4)9-13(2)3/h10-11,13-14,16,19H,5-9,12H2,1-4H3. The molecule has 3 nitrogen and oxygen atoms in total. The van der Waals surface area contributed by atoms with Gasteiger partial charge in [0, 0.05) is 24.3 Å². The van der Waals surface area contributed by atoms with Crippen LogP contribution in [0.1, 0.15) is 64.6 Å². The fourth-order valence-corrected chi connectivity index (χ4v) is 2.63. The van der Waals surface area contributed by atoms with Crippen LogP contribution in [-0.2, 0) is 13.0 Å². The molecular formula is C18H30N2O. The topological polar surface area (TPSA) is 34.1 Å². The molecule has 1 N–H and O–H groups in total. The summed E-state index contributed by atoms with van der Waals surface area (Å²) in [6.45, 7) is 9.71. The van der Waals surface area contributed by atoms with Crippen LogP contribution in [0.15, 0.2) is 12.1 Å². The van der Waals surface area contributed by atoms with Gasteiger partial charge in [-0.25, -0.2) is 4.98 Å². The van der Waals surface area contributed by atoms with Crippen molar-refractivity contribution in [3.8, 4) is 5.88 Å². The maximum absolute atomic E-state index is 6.04. The molecule has 0 aliphatic heterocycles. The summed E-state index contributed by atoms with van der Waals surface area (Å²) in [4.78, 5) is 4.66. The summed E-state index contributed by atoms with van der Waals surface area (Å²) >= 11 is 0. The molecule has 0 radical (unpaired) electrons. The van der Waals surface area contributed by atoms with Crippen LogP contribution >= 0.6 is 0 Å². The molecule has 1 unspecified atom stereocenters. The van der Waals surface area contributed by atoms with Gasteiger partial charge in [0.25, 0.3) is 0 Å². The summed E-state index contributed by atoms with van der Waals surface area (Å²) in [6, 6.07) is 5.06. The van der Waals surface area contributed by atoms with Crippen LogP contribution in [0.4, 0.5) is 0 Å². The highest BCUT2D eigenvalue weighted by molar-refractivity contribution is 5.25. The van der Waals surface area contributed by atoms with Crippen molar-refractivity contribution in [2.45, 2.75) is 78.5 Å². The lowest BCUT2D eigenvalue weighted by Crippen LogP contribution is -2.18. The van der Waals surface area contributed by atoms with E-state index in [-0.39, 0.29) is 6.10 Å². The summed E-state index contributed by atoms with van der Waals surface area (Å²) in [6.07, 6.45) is 6.07. The lowest BCUT2D eigenvalue weighted by atomic mass is 10.1. The van der Waals surface area contributed by atoms with Crippen LogP contribution in [0.2, 0.25) is 0 Å². The highest BCUT2D eigenvalue weighted by Crippen LogP contribution is 2.21. The molecule has 0 spiro atoms. The Hall–Kier alpha value is -1.09. The van der Waals surface area contributed by atoms with Gasteiger partial charge in [-0.05, 0) is 50.2 Å². The average molecular weight is 290 g/mol. The molecule has 1 aromatic heterocycles. The Morgan fingerprint density at radius 2 is 2.05 bits per heavy atom. The Bertz CT molecular complexity index is 441. The molecular weight excluding hydrogens is 260 g/mol. The van der Waals surface area contributed by atoms with E-state index in [2.05, 4.69) is 50.1 Å². The second kappa shape index (κ2) is 7.79. The number of rotatable bonds is 9. The molecule has 0 aromatic carbocycles.